The Morgan fingerprint density at radius 2 is 2.23 bits per heavy atom. The summed E-state index contributed by atoms with van der Waals surface area (Å²) in [4.78, 5) is 12.4. The number of hydrogen-bond acceptors (Lipinski definition) is 6. The maximum atomic E-state index is 5.85. The third-order valence-corrected chi connectivity index (χ3v) is 3.23. The zero-order valence-corrected chi connectivity index (χ0v) is 14.0. The minimum Gasteiger partial charge on any atom is -0.484 e. The summed E-state index contributed by atoms with van der Waals surface area (Å²) in [5.74, 6) is 1.51. The van der Waals surface area contributed by atoms with E-state index in [1.807, 2.05) is 13.0 Å². The molecule has 0 radical (unpaired) electrons. The predicted molar refractivity (Wildman–Crippen MR) is 92.7 cm³/mol. The number of allylic oxidation sites excluding steroid dienone is 1. The van der Waals surface area contributed by atoms with Crippen molar-refractivity contribution >= 4 is 17.5 Å². The highest BCUT2D eigenvalue weighted by molar-refractivity contribution is 5.93. The number of nitrogen functional groups attached to an aromatic ring is 1. The average molecular weight is 305 g/mol. The Balaban J connectivity index is 2.77. The van der Waals surface area contributed by atoms with Gasteiger partial charge in [-0.2, -0.15) is 4.98 Å². The van der Waals surface area contributed by atoms with Gasteiger partial charge in [-0.25, -0.2) is 4.98 Å². The first-order chi connectivity index (χ1) is 10.6. The fourth-order valence-corrected chi connectivity index (χ4v) is 1.78. The van der Waals surface area contributed by atoms with Crippen LogP contribution in [0.1, 0.15) is 40.0 Å². The van der Waals surface area contributed by atoms with E-state index < -0.39 is 0 Å². The molecule has 0 aliphatic carbocycles. The number of hydrogen-bond donors (Lipinski definition) is 2. The normalized spacial score (nSPS) is 12.4. The van der Waals surface area contributed by atoms with Crippen LogP contribution in [0.4, 0.5) is 11.8 Å². The third kappa shape index (κ3) is 6.11. The maximum absolute atomic E-state index is 5.85. The molecule has 1 heterocycles. The van der Waals surface area contributed by atoms with E-state index in [9.17, 15) is 0 Å². The molecule has 1 aromatic rings. The molecule has 1 aromatic heterocycles. The van der Waals surface area contributed by atoms with Gasteiger partial charge in [-0.15, -0.1) is 0 Å². The van der Waals surface area contributed by atoms with Crippen LogP contribution in [0.3, 0.4) is 0 Å². The molecule has 0 saturated carbocycles. The van der Waals surface area contributed by atoms with Crippen LogP contribution in [0.2, 0.25) is 0 Å². The van der Waals surface area contributed by atoms with Gasteiger partial charge < -0.3 is 15.8 Å². The molecule has 6 nitrogen and oxygen atoms in total. The highest BCUT2D eigenvalue weighted by Gasteiger charge is 2.08. The second-order valence-electron chi connectivity index (χ2n) is 5.03. The molecular formula is C16H27N5O. The van der Waals surface area contributed by atoms with Crippen LogP contribution in [-0.2, 0) is 0 Å². The number of unbranched alkanes of at least 4 members (excludes halogenated alkanes) is 1. The van der Waals surface area contributed by atoms with Crippen molar-refractivity contribution < 1.29 is 4.74 Å². The quantitative estimate of drug-likeness (QED) is 0.541. The molecule has 122 valence electrons. The molecule has 22 heavy (non-hydrogen) atoms. The van der Waals surface area contributed by atoms with E-state index in [-0.39, 0.29) is 5.95 Å². The van der Waals surface area contributed by atoms with Gasteiger partial charge in [0.2, 0.25) is 5.95 Å². The molecule has 1 rings (SSSR count). The van der Waals surface area contributed by atoms with Crippen molar-refractivity contribution in [2.75, 3.05) is 31.2 Å². The van der Waals surface area contributed by atoms with Gasteiger partial charge in [0.1, 0.15) is 6.61 Å². The SMILES string of the molecule is CCCCNc1nc(N)ncc1OC/C(=C/C(C)=NC)CC. The minimum atomic E-state index is 0.242. The zero-order valence-electron chi connectivity index (χ0n) is 14.0. The summed E-state index contributed by atoms with van der Waals surface area (Å²) in [6, 6.07) is 0. The van der Waals surface area contributed by atoms with Crippen molar-refractivity contribution in [1.82, 2.24) is 9.97 Å². The van der Waals surface area contributed by atoms with Crippen molar-refractivity contribution in [1.29, 1.82) is 0 Å². The van der Waals surface area contributed by atoms with Crippen LogP contribution in [-0.4, -0.2) is 35.9 Å². The maximum Gasteiger partial charge on any atom is 0.222 e. The van der Waals surface area contributed by atoms with Gasteiger partial charge in [0.25, 0.3) is 0 Å². The van der Waals surface area contributed by atoms with E-state index in [0.29, 0.717) is 18.2 Å². The lowest BCUT2D eigenvalue weighted by Crippen LogP contribution is -2.10. The number of ether oxygens (including phenoxy) is 1. The molecule has 0 unspecified atom stereocenters. The second-order valence-corrected chi connectivity index (χ2v) is 5.03. The number of nitrogens with one attached hydrogen (secondary N) is 1. The van der Waals surface area contributed by atoms with E-state index >= 15 is 0 Å². The molecule has 0 spiro atoms. The number of aromatic nitrogens is 2. The van der Waals surface area contributed by atoms with Gasteiger partial charge in [0, 0.05) is 19.3 Å². The molecule has 6 heteroatoms. The van der Waals surface area contributed by atoms with Gasteiger partial charge in [0.05, 0.1) is 6.20 Å². The molecule has 0 bridgehead atoms. The predicted octanol–water partition coefficient (Wildman–Crippen LogP) is 3.08. The Morgan fingerprint density at radius 1 is 1.45 bits per heavy atom. The van der Waals surface area contributed by atoms with Crippen LogP contribution in [0.25, 0.3) is 0 Å². The molecule has 0 saturated heterocycles. The number of nitrogens with zero attached hydrogens (tertiary/aromatic N) is 3. The van der Waals surface area contributed by atoms with E-state index in [2.05, 4.69) is 34.1 Å². The fraction of sp³-hybridized carbons (Fsp3) is 0.562. The first-order valence-corrected chi connectivity index (χ1v) is 7.72. The van der Waals surface area contributed by atoms with Crippen LogP contribution in [0, 0.1) is 0 Å². The molecule has 0 fully saturated rings. The first-order valence-electron chi connectivity index (χ1n) is 7.72. The molecule has 0 aliphatic heterocycles. The summed E-state index contributed by atoms with van der Waals surface area (Å²) in [5.41, 5.74) is 7.80. The van der Waals surface area contributed by atoms with Crippen molar-refractivity contribution in [2.24, 2.45) is 4.99 Å². The van der Waals surface area contributed by atoms with Crippen molar-refractivity contribution in [3.05, 3.63) is 17.8 Å². The van der Waals surface area contributed by atoms with Gasteiger partial charge in [-0.3, -0.25) is 4.99 Å². The molecule has 0 amide bonds. The summed E-state index contributed by atoms with van der Waals surface area (Å²) >= 11 is 0. The van der Waals surface area contributed by atoms with Crippen LogP contribution in [0.15, 0.2) is 22.8 Å². The highest BCUT2D eigenvalue weighted by Crippen LogP contribution is 2.22. The standard InChI is InChI=1S/C16H27N5O/c1-5-7-8-19-15-14(10-20-16(17)21-15)22-11-13(6-2)9-12(3)18-4/h9-10H,5-8,11H2,1-4H3,(H3,17,19,20,21)/b13-9+,18-12?. The van der Waals surface area contributed by atoms with Crippen LogP contribution < -0.4 is 15.8 Å². The summed E-state index contributed by atoms with van der Waals surface area (Å²) in [7, 11) is 1.78. The lowest BCUT2D eigenvalue weighted by atomic mass is 10.2. The summed E-state index contributed by atoms with van der Waals surface area (Å²) in [5, 5.41) is 3.25. The van der Waals surface area contributed by atoms with Gasteiger partial charge in [-0.1, -0.05) is 20.3 Å². The third-order valence-electron chi connectivity index (χ3n) is 3.23. The van der Waals surface area contributed by atoms with Crippen LogP contribution in [0.5, 0.6) is 5.75 Å². The van der Waals surface area contributed by atoms with Crippen LogP contribution >= 0.6 is 0 Å². The van der Waals surface area contributed by atoms with Crippen molar-refractivity contribution in [2.45, 2.75) is 40.0 Å². The Bertz CT molecular complexity index is 525. The molecule has 0 aliphatic rings. The Morgan fingerprint density at radius 3 is 2.86 bits per heavy atom. The van der Waals surface area contributed by atoms with Gasteiger partial charge in [0.15, 0.2) is 11.6 Å². The summed E-state index contributed by atoms with van der Waals surface area (Å²) < 4.78 is 5.85. The van der Waals surface area contributed by atoms with Gasteiger partial charge >= 0.3 is 0 Å². The van der Waals surface area contributed by atoms with Gasteiger partial charge in [-0.05, 0) is 31.4 Å². The Labute approximate surface area is 132 Å². The van der Waals surface area contributed by atoms with E-state index in [4.69, 9.17) is 10.5 Å². The number of anilines is 2. The Kier molecular flexibility index (Phi) is 7.96. The van der Waals surface area contributed by atoms with Crippen molar-refractivity contribution in [3.63, 3.8) is 0 Å². The molecule has 0 aromatic carbocycles. The number of nitrogens with two attached hydrogens (primary N) is 1. The molecule has 0 atom stereocenters. The lowest BCUT2D eigenvalue weighted by molar-refractivity contribution is 0.347. The topological polar surface area (TPSA) is 85.4 Å². The first kappa shape index (κ1) is 17.9. The van der Waals surface area contributed by atoms with E-state index in [1.54, 1.807) is 13.2 Å². The lowest BCUT2D eigenvalue weighted by Gasteiger charge is -2.13. The van der Waals surface area contributed by atoms with E-state index in [1.165, 1.54) is 5.57 Å². The summed E-state index contributed by atoms with van der Waals surface area (Å²) in [6.45, 7) is 7.53. The molecule has 3 N–H and O–H groups in total. The number of rotatable bonds is 9. The monoisotopic (exact) mass is 305 g/mol. The van der Waals surface area contributed by atoms with E-state index in [0.717, 1.165) is 31.5 Å². The van der Waals surface area contributed by atoms with Crippen molar-refractivity contribution in [3.8, 4) is 5.75 Å². The minimum absolute atomic E-state index is 0.242. The second kappa shape index (κ2) is 9.76. The summed E-state index contributed by atoms with van der Waals surface area (Å²) in [6.07, 6.45) is 6.74. The highest BCUT2D eigenvalue weighted by atomic mass is 16.5. The zero-order chi connectivity index (χ0) is 16.4. The Hall–Kier alpha value is -2.11. The smallest absolute Gasteiger partial charge is 0.222 e. The molecular weight excluding hydrogens is 278 g/mol. The fourth-order valence-electron chi connectivity index (χ4n) is 1.78. The average Bonchev–Trinajstić information content (AvgIpc) is 2.52. The number of aliphatic imine (C=N–C) groups is 1. The largest absolute Gasteiger partial charge is 0.484 e.